The zero-order valence-corrected chi connectivity index (χ0v) is 8.34. The molecule has 2 heteroatoms. The first kappa shape index (κ1) is 8.52. The molecule has 0 aromatic heterocycles. The van der Waals surface area contributed by atoms with Gasteiger partial charge in [0.15, 0.2) is 0 Å². The Balaban J connectivity index is 2.02. The van der Waals surface area contributed by atoms with E-state index < -0.39 is 0 Å². The molecule has 0 saturated carbocycles. The lowest BCUT2D eigenvalue weighted by Gasteiger charge is -2.54. The van der Waals surface area contributed by atoms with Gasteiger partial charge in [-0.2, -0.15) is 0 Å². The number of piperidine rings is 1. The molecule has 0 amide bonds. The highest BCUT2D eigenvalue weighted by atomic mass is 16.5. The van der Waals surface area contributed by atoms with Crippen molar-refractivity contribution in [1.29, 1.82) is 0 Å². The van der Waals surface area contributed by atoms with Crippen LogP contribution >= 0.6 is 0 Å². The Morgan fingerprint density at radius 1 is 1.42 bits per heavy atom. The van der Waals surface area contributed by atoms with Crippen molar-refractivity contribution < 1.29 is 4.74 Å². The second-order valence-corrected chi connectivity index (χ2v) is 4.62. The quantitative estimate of drug-likeness (QED) is 0.545. The van der Waals surface area contributed by atoms with Gasteiger partial charge in [0.2, 0.25) is 0 Å². The average Bonchev–Trinajstić information content (AvgIpc) is 2.07. The van der Waals surface area contributed by atoms with Crippen LogP contribution in [0.3, 0.4) is 0 Å². The molecule has 2 aliphatic rings. The summed E-state index contributed by atoms with van der Waals surface area (Å²) in [6, 6.07) is 0.767. The van der Waals surface area contributed by atoms with Gasteiger partial charge in [-0.25, -0.2) is 0 Å². The third-order valence-electron chi connectivity index (χ3n) is 3.86. The standard InChI is InChI=1S/C10H19NO/c1-8-4-5-10(6-11(8)3)7-12-9(10)2/h8-9H,4-7H2,1-3H3. The molecule has 3 unspecified atom stereocenters. The van der Waals surface area contributed by atoms with Gasteiger partial charge in [0, 0.05) is 18.0 Å². The van der Waals surface area contributed by atoms with Crippen LogP contribution in [0.25, 0.3) is 0 Å². The van der Waals surface area contributed by atoms with E-state index in [0.29, 0.717) is 11.5 Å². The minimum atomic E-state index is 0.493. The SMILES string of the molecule is CC1CCC2(COC2C)CN1C. The Hall–Kier alpha value is -0.0800. The van der Waals surface area contributed by atoms with Gasteiger partial charge < -0.3 is 9.64 Å². The molecule has 0 bridgehead atoms. The van der Waals surface area contributed by atoms with Gasteiger partial charge >= 0.3 is 0 Å². The van der Waals surface area contributed by atoms with Crippen LogP contribution in [-0.4, -0.2) is 37.2 Å². The van der Waals surface area contributed by atoms with Crippen LogP contribution in [0, 0.1) is 5.41 Å². The van der Waals surface area contributed by atoms with Crippen molar-refractivity contribution in [3.63, 3.8) is 0 Å². The predicted octanol–water partition coefficient (Wildman–Crippen LogP) is 1.51. The van der Waals surface area contributed by atoms with Crippen molar-refractivity contribution in [2.75, 3.05) is 20.2 Å². The van der Waals surface area contributed by atoms with E-state index in [2.05, 4.69) is 25.8 Å². The van der Waals surface area contributed by atoms with Gasteiger partial charge in [0.05, 0.1) is 12.7 Å². The molecule has 2 heterocycles. The molecule has 2 nitrogen and oxygen atoms in total. The molecule has 2 aliphatic heterocycles. The molecule has 0 N–H and O–H groups in total. The fourth-order valence-electron chi connectivity index (χ4n) is 2.38. The molecule has 70 valence electrons. The van der Waals surface area contributed by atoms with Crippen molar-refractivity contribution in [2.24, 2.45) is 5.41 Å². The van der Waals surface area contributed by atoms with E-state index >= 15 is 0 Å². The summed E-state index contributed by atoms with van der Waals surface area (Å²) < 4.78 is 5.48. The molecule has 2 fully saturated rings. The number of likely N-dealkylation sites (tertiary alicyclic amines) is 1. The van der Waals surface area contributed by atoms with Crippen molar-refractivity contribution in [3.05, 3.63) is 0 Å². The normalized spacial score (nSPS) is 49.2. The first-order chi connectivity index (χ1) is 5.64. The van der Waals surface area contributed by atoms with Crippen LogP contribution in [0.4, 0.5) is 0 Å². The molecule has 12 heavy (non-hydrogen) atoms. The molecule has 2 saturated heterocycles. The zero-order chi connectivity index (χ0) is 8.77. The van der Waals surface area contributed by atoms with Crippen molar-refractivity contribution >= 4 is 0 Å². The lowest BCUT2D eigenvalue weighted by Crippen LogP contribution is -2.60. The molecule has 0 aromatic rings. The third kappa shape index (κ3) is 1.09. The summed E-state index contributed by atoms with van der Waals surface area (Å²) in [4.78, 5) is 2.47. The van der Waals surface area contributed by atoms with Crippen LogP contribution in [0.5, 0.6) is 0 Å². The van der Waals surface area contributed by atoms with E-state index in [0.717, 1.165) is 12.6 Å². The molecule has 3 atom stereocenters. The first-order valence-electron chi connectivity index (χ1n) is 4.96. The van der Waals surface area contributed by atoms with E-state index in [9.17, 15) is 0 Å². The Morgan fingerprint density at radius 3 is 2.58 bits per heavy atom. The topological polar surface area (TPSA) is 12.5 Å². The minimum absolute atomic E-state index is 0.493. The monoisotopic (exact) mass is 169 g/mol. The molecule has 0 radical (unpaired) electrons. The summed E-state index contributed by atoms with van der Waals surface area (Å²) in [5.41, 5.74) is 0.515. The molecule has 0 aromatic carbocycles. The Bertz CT molecular complexity index is 183. The van der Waals surface area contributed by atoms with Gasteiger partial charge in [-0.1, -0.05) is 0 Å². The number of hydrogen-bond acceptors (Lipinski definition) is 2. The Morgan fingerprint density at radius 2 is 2.17 bits per heavy atom. The van der Waals surface area contributed by atoms with Crippen molar-refractivity contribution in [1.82, 2.24) is 4.90 Å². The van der Waals surface area contributed by atoms with E-state index in [1.165, 1.54) is 19.4 Å². The lowest BCUT2D eigenvalue weighted by molar-refractivity contribution is -0.203. The first-order valence-corrected chi connectivity index (χ1v) is 4.96. The number of rotatable bonds is 0. The van der Waals surface area contributed by atoms with Crippen LogP contribution in [0.1, 0.15) is 26.7 Å². The summed E-state index contributed by atoms with van der Waals surface area (Å²) in [7, 11) is 2.23. The van der Waals surface area contributed by atoms with Crippen molar-refractivity contribution in [3.8, 4) is 0 Å². The maximum absolute atomic E-state index is 5.48. The average molecular weight is 169 g/mol. The molecular weight excluding hydrogens is 150 g/mol. The molecular formula is C10H19NO. The van der Waals surface area contributed by atoms with Crippen LogP contribution < -0.4 is 0 Å². The Kier molecular flexibility index (Phi) is 1.92. The van der Waals surface area contributed by atoms with Gasteiger partial charge in [-0.05, 0) is 33.7 Å². The van der Waals surface area contributed by atoms with E-state index in [1.807, 2.05) is 0 Å². The third-order valence-corrected chi connectivity index (χ3v) is 3.86. The number of nitrogens with zero attached hydrogens (tertiary/aromatic N) is 1. The second-order valence-electron chi connectivity index (χ2n) is 4.62. The Labute approximate surface area is 74.9 Å². The summed E-state index contributed by atoms with van der Waals surface area (Å²) in [6.45, 7) is 6.75. The summed E-state index contributed by atoms with van der Waals surface area (Å²) >= 11 is 0. The summed E-state index contributed by atoms with van der Waals surface area (Å²) in [5, 5.41) is 0. The highest BCUT2D eigenvalue weighted by molar-refractivity contribution is 4.98. The van der Waals surface area contributed by atoms with Gasteiger partial charge in [0.1, 0.15) is 0 Å². The number of ether oxygens (including phenoxy) is 1. The smallest absolute Gasteiger partial charge is 0.0637 e. The second kappa shape index (κ2) is 2.71. The van der Waals surface area contributed by atoms with Crippen LogP contribution in [0.15, 0.2) is 0 Å². The highest BCUT2D eigenvalue weighted by Crippen LogP contribution is 2.43. The highest BCUT2D eigenvalue weighted by Gasteiger charge is 2.48. The predicted molar refractivity (Wildman–Crippen MR) is 49.2 cm³/mol. The lowest BCUT2D eigenvalue weighted by atomic mass is 9.71. The minimum Gasteiger partial charge on any atom is -0.377 e. The fourth-order valence-corrected chi connectivity index (χ4v) is 2.38. The molecule has 0 aliphatic carbocycles. The van der Waals surface area contributed by atoms with Crippen LogP contribution in [-0.2, 0) is 4.74 Å². The largest absolute Gasteiger partial charge is 0.377 e. The van der Waals surface area contributed by atoms with Crippen molar-refractivity contribution in [2.45, 2.75) is 38.8 Å². The fraction of sp³-hybridized carbons (Fsp3) is 1.00. The summed E-state index contributed by atoms with van der Waals surface area (Å²) in [5.74, 6) is 0. The van der Waals surface area contributed by atoms with Crippen LogP contribution in [0.2, 0.25) is 0 Å². The number of hydrogen-bond donors (Lipinski definition) is 0. The van der Waals surface area contributed by atoms with E-state index in [-0.39, 0.29) is 0 Å². The zero-order valence-electron chi connectivity index (χ0n) is 8.34. The van der Waals surface area contributed by atoms with Gasteiger partial charge in [-0.15, -0.1) is 0 Å². The van der Waals surface area contributed by atoms with E-state index in [4.69, 9.17) is 4.74 Å². The summed E-state index contributed by atoms with van der Waals surface area (Å²) in [6.07, 6.45) is 3.19. The maximum Gasteiger partial charge on any atom is 0.0637 e. The molecule has 1 spiro atoms. The van der Waals surface area contributed by atoms with Gasteiger partial charge in [-0.3, -0.25) is 0 Å². The van der Waals surface area contributed by atoms with E-state index in [1.54, 1.807) is 0 Å². The molecule has 2 rings (SSSR count). The van der Waals surface area contributed by atoms with Gasteiger partial charge in [0.25, 0.3) is 0 Å². The maximum atomic E-state index is 5.48.